The molecular weight excluding hydrogens is 635 g/mol. The second-order valence-corrected chi connectivity index (χ2v) is 13.6. The molecule has 9 aromatic carbocycles. The van der Waals surface area contributed by atoms with Crippen molar-refractivity contribution < 1.29 is 0 Å². The number of anilines is 3. The van der Waals surface area contributed by atoms with Gasteiger partial charge in [0.1, 0.15) is 0 Å². The molecule has 0 N–H and O–H groups in total. The summed E-state index contributed by atoms with van der Waals surface area (Å²) >= 11 is 0. The Bertz CT molecular complexity index is 3440. The second-order valence-electron chi connectivity index (χ2n) is 13.6. The number of rotatable bonds is 1. The molecule has 238 valence electrons. The molecule has 0 fully saturated rings. The Kier molecular flexibility index (Phi) is 5.24. The summed E-state index contributed by atoms with van der Waals surface area (Å²) in [6.07, 6.45) is 0. The summed E-state index contributed by atoms with van der Waals surface area (Å²) in [7, 11) is 0. The van der Waals surface area contributed by atoms with Crippen molar-refractivity contribution in [1.82, 2.24) is 14.5 Å². The van der Waals surface area contributed by atoms with Gasteiger partial charge in [-0.25, -0.2) is 14.8 Å². The zero-order valence-electron chi connectivity index (χ0n) is 27.7. The third-order valence-corrected chi connectivity index (χ3v) is 11.0. The van der Waals surface area contributed by atoms with Crippen LogP contribution >= 0.6 is 0 Å². The smallest absolute Gasteiger partial charge is 0.189 e. The average Bonchev–Trinajstić information content (AvgIpc) is 3.56. The van der Waals surface area contributed by atoms with Crippen LogP contribution in [0, 0.1) is 6.57 Å². The second kappa shape index (κ2) is 9.91. The van der Waals surface area contributed by atoms with Gasteiger partial charge in [-0.05, 0) is 57.9 Å². The van der Waals surface area contributed by atoms with E-state index in [4.69, 9.17) is 16.5 Å². The monoisotopic (exact) mass is 659 g/mol. The van der Waals surface area contributed by atoms with Crippen molar-refractivity contribution in [2.45, 2.75) is 0 Å². The normalized spacial score (nSPS) is 12.6. The number of para-hydroxylation sites is 2. The van der Waals surface area contributed by atoms with Gasteiger partial charge in [0.05, 0.1) is 56.7 Å². The lowest BCUT2D eigenvalue weighted by atomic mass is 9.96. The van der Waals surface area contributed by atoms with Crippen LogP contribution in [0.3, 0.4) is 0 Å². The summed E-state index contributed by atoms with van der Waals surface area (Å²) in [5.41, 5.74) is 10.7. The van der Waals surface area contributed by atoms with Crippen LogP contribution in [0.25, 0.3) is 97.5 Å². The topological polar surface area (TPSA) is 38.3 Å². The molecule has 0 aliphatic carbocycles. The highest BCUT2D eigenvalue weighted by atomic mass is 15.2. The van der Waals surface area contributed by atoms with Crippen LogP contribution in [0.4, 0.5) is 22.7 Å². The zero-order chi connectivity index (χ0) is 34.1. The highest BCUT2D eigenvalue weighted by molar-refractivity contribution is 6.29. The molecular formula is C47H25N5. The summed E-state index contributed by atoms with van der Waals surface area (Å²) in [6, 6.07) is 53.6. The first kappa shape index (κ1) is 27.5. The van der Waals surface area contributed by atoms with Gasteiger partial charge < -0.3 is 9.47 Å². The van der Waals surface area contributed by atoms with E-state index >= 15 is 0 Å². The molecule has 5 heteroatoms. The van der Waals surface area contributed by atoms with E-state index in [9.17, 15) is 0 Å². The van der Waals surface area contributed by atoms with E-state index in [2.05, 4.69) is 154 Å². The Morgan fingerprint density at radius 1 is 0.404 bits per heavy atom. The molecule has 1 aliphatic rings. The molecule has 0 spiro atoms. The molecule has 12 rings (SSSR count). The summed E-state index contributed by atoms with van der Waals surface area (Å²) in [4.78, 5) is 17.2. The van der Waals surface area contributed by atoms with Crippen LogP contribution in [0.2, 0.25) is 0 Å². The number of fused-ring (bicyclic) bond motifs is 17. The molecule has 0 bridgehead atoms. The van der Waals surface area contributed by atoms with Crippen molar-refractivity contribution in [2.75, 3.05) is 4.90 Å². The fourth-order valence-electron chi connectivity index (χ4n) is 8.85. The number of hydrogen-bond acceptors (Lipinski definition) is 3. The van der Waals surface area contributed by atoms with Crippen molar-refractivity contribution in [3.8, 4) is 5.69 Å². The van der Waals surface area contributed by atoms with E-state index in [-0.39, 0.29) is 0 Å². The van der Waals surface area contributed by atoms with Crippen LogP contribution in [0.15, 0.2) is 152 Å². The highest BCUT2D eigenvalue weighted by Gasteiger charge is 2.29. The maximum atomic E-state index is 7.85. The maximum Gasteiger partial charge on any atom is 0.189 e. The van der Waals surface area contributed by atoms with E-state index in [0.717, 1.165) is 88.2 Å². The lowest BCUT2D eigenvalue weighted by Gasteiger charge is -2.33. The predicted molar refractivity (Wildman–Crippen MR) is 216 cm³/mol. The molecule has 0 unspecified atom stereocenters. The van der Waals surface area contributed by atoms with Crippen molar-refractivity contribution in [3.05, 3.63) is 163 Å². The minimum absolute atomic E-state index is 0.617. The molecule has 52 heavy (non-hydrogen) atoms. The molecule has 5 nitrogen and oxygen atoms in total. The lowest BCUT2D eigenvalue weighted by Crippen LogP contribution is -2.18. The predicted octanol–water partition coefficient (Wildman–Crippen LogP) is 12.8. The summed E-state index contributed by atoms with van der Waals surface area (Å²) in [5, 5.41) is 11.4. The molecule has 0 radical (unpaired) electrons. The summed E-state index contributed by atoms with van der Waals surface area (Å²) < 4.78 is 2.33. The summed E-state index contributed by atoms with van der Waals surface area (Å²) in [5.74, 6) is 0. The standard InChI is InChI=1S/C47H25N5/c1-48-27-21-24-40-42(25-27)52-39-19-9-8-14-32(39)37-18-10-20-41(47(37)52)51(40)28-22-23-36-38(26-28)31-13-4-7-17-35(31)45-46(36)50-44-34-16-6-3-12-30(34)29-11-2-5-15-33(29)43(44)49-45/h2-26H. The fourth-order valence-corrected chi connectivity index (χ4v) is 8.85. The molecule has 11 aromatic rings. The Hall–Kier alpha value is -7.29. The molecule has 0 saturated carbocycles. The number of benzene rings is 9. The first-order valence-electron chi connectivity index (χ1n) is 17.5. The SMILES string of the molecule is [C-]#[N+]c1ccc2c(c1)-n1c3ccccc3c3cccc(c31)N2c1ccc2c(c1)c1ccccc1c1nc3c4ccccc4c4ccccc4c3nc21. The average molecular weight is 660 g/mol. The van der Waals surface area contributed by atoms with Crippen LogP contribution in [-0.4, -0.2) is 14.5 Å². The maximum absolute atomic E-state index is 7.85. The zero-order valence-corrected chi connectivity index (χ0v) is 27.7. The Balaban J connectivity index is 1.19. The number of aromatic nitrogens is 3. The van der Waals surface area contributed by atoms with Gasteiger partial charge >= 0.3 is 0 Å². The van der Waals surface area contributed by atoms with Gasteiger partial charge in [0, 0.05) is 38.0 Å². The van der Waals surface area contributed by atoms with Crippen molar-refractivity contribution in [2.24, 2.45) is 0 Å². The minimum atomic E-state index is 0.617. The van der Waals surface area contributed by atoms with E-state index in [1.807, 2.05) is 12.1 Å². The van der Waals surface area contributed by atoms with Crippen molar-refractivity contribution in [3.63, 3.8) is 0 Å². The first-order valence-corrected chi connectivity index (χ1v) is 17.5. The summed E-state index contributed by atoms with van der Waals surface area (Å²) in [6.45, 7) is 7.85. The Morgan fingerprint density at radius 2 is 0.942 bits per heavy atom. The van der Waals surface area contributed by atoms with Crippen molar-refractivity contribution >= 4 is 110 Å². The van der Waals surface area contributed by atoms with Gasteiger partial charge in [-0.2, -0.15) is 0 Å². The van der Waals surface area contributed by atoms with E-state index in [1.54, 1.807) is 0 Å². The van der Waals surface area contributed by atoms with E-state index < -0.39 is 0 Å². The molecule has 2 aromatic heterocycles. The number of hydrogen-bond donors (Lipinski definition) is 0. The van der Waals surface area contributed by atoms with Gasteiger partial charge in [-0.15, -0.1) is 0 Å². The van der Waals surface area contributed by atoms with Gasteiger partial charge in [0.15, 0.2) is 5.69 Å². The molecule has 0 saturated heterocycles. The number of nitrogens with zero attached hydrogens (tertiary/aromatic N) is 5. The minimum Gasteiger partial charge on any atom is -0.306 e. The first-order chi connectivity index (χ1) is 25.8. The third-order valence-electron chi connectivity index (χ3n) is 11.0. The Morgan fingerprint density at radius 3 is 1.58 bits per heavy atom. The molecule has 0 amide bonds. The van der Waals surface area contributed by atoms with Crippen LogP contribution in [0.1, 0.15) is 0 Å². The van der Waals surface area contributed by atoms with Crippen LogP contribution in [-0.2, 0) is 0 Å². The largest absolute Gasteiger partial charge is 0.306 e. The Labute approximate surface area is 297 Å². The molecule has 0 atom stereocenters. The van der Waals surface area contributed by atoms with E-state index in [0.29, 0.717) is 5.69 Å². The van der Waals surface area contributed by atoms with Gasteiger partial charge in [-0.1, -0.05) is 115 Å². The van der Waals surface area contributed by atoms with Gasteiger partial charge in [-0.3, -0.25) is 0 Å². The van der Waals surface area contributed by atoms with Crippen LogP contribution < -0.4 is 4.90 Å². The van der Waals surface area contributed by atoms with Gasteiger partial charge in [0.2, 0.25) is 0 Å². The van der Waals surface area contributed by atoms with E-state index in [1.165, 1.54) is 21.5 Å². The highest BCUT2D eigenvalue weighted by Crippen LogP contribution is 2.51. The van der Waals surface area contributed by atoms with Crippen LogP contribution in [0.5, 0.6) is 0 Å². The fraction of sp³-hybridized carbons (Fsp3) is 0. The van der Waals surface area contributed by atoms with Gasteiger partial charge in [0.25, 0.3) is 0 Å². The quantitative estimate of drug-likeness (QED) is 0.1000. The molecule has 3 heterocycles. The lowest BCUT2D eigenvalue weighted by molar-refractivity contribution is 1.11. The molecule has 1 aliphatic heterocycles. The van der Waals surface area contributed by atoms with Crippen molar-refractivity contribution in [1.29, 1.82) is 0 Å². The third kappa shape index (κ3) is 3.45.